The summed E-state index contributed by atoms with van der Waals surface area (Å²) in [6.07, 6.45) is 0. The number of ether oxygens (including phenoxy) is 1. The van der Waals surface area contributed by atoms with Gasteiger partial charge in [0.05, 0.1) is 16.5 Å². The van der Waals surface area contributed by atoms with Crippen LogP contribution in [-0.2, 0) is 10.8 Å². The van der Waals surface area contributed by atoms with Gasteiger partial charge in [-0.1, -0.05) is 237 Å². The van der Waals surface area contributed by atoms with E-state index in [-0.39, 0.29) is 0 Å². The van der Waals surface area contributed by atoms with Gasteiger partial charge in [-0.15, -0.1) is 0 Å². The van der Waals surface area contributed by atoms with Crippen molar-refractivity contribution in [3.05, 3.63) is 330 Å². The minimum absolute atomic E-state index is 0.591. The van der Waals surface area contributed by atoms with Crippen LogP contribution in [0.3, 0.4) is 0 Å². The lowest BCUT2D eigenvalue weighted by Crippen LogP contribution is -2.32. The topological polar surface area (TPSA) is 25.6 Å². The molecule has 3 heteroatoms. The molecule has 0 unspecified atom stereocenters. The molecule has 3 aliphatic rings. The van der Waals surface area contributed by atoms with Crippen LogP contribution in [0.5, 0.6) is 11.5 Å². The van der Waals surface area contributed by atoms with Crippen molar-refractivity contribution in [2.75, 3.05) is 4.90 Å². The van der Waals surface area contributed by atoms with Crippen LogP contribution < -0.4 is 9.64 Å². The van der Waals surface area contributed by atoms with Crippen LogP contribution in [0.25, 0.3) is 76.9 Å². The van der Waals surface area contributed by atoms with E-state index < -0.39 is 10.8 Å². The summed E-state index contributed by atoms with van der Waals surface area (Å²) in [5, 5.41) is 6.73. The third-order valence-electron chi connectivity index (χ3n) is 17.6. The van der Waals surface area contributed by atoms with Crippen molar-refractivity contribution in [3.63, 3.8) is 0 Å². The first-order chi connectivity index (χ1) is 39.2. The van der Waals surface area contributed by atoms with E-state index in [1.165, 1.54) is 55.6 Å². The number of benzene rings is 13. The highest BCUT2D eigenvalue weighted by molar-refractivity contribution is 6.07. The van der Waals surface area contributed by atoms with Crippen LogP contribution in [0.1, 0.15) is 44.5 Å². The molecule has 0 amide bonds. The molecular weight excluding hydrogens is 959 g/mol. The second-order valence-corrected chi connectivity index (χ2v) is 21.4. The number of nitrogens with zero attached hydrogens (tertiary/aromatic N) is 1. The Hall–Kier alpha value is -10.2. The predicted molar refractivity (Wildman–Crippen MR) is 324 cm³/mol. The number of fused-ring (bicyclic) bond motifs is 19. The van der Waals surface area contributed by atoms with Crippen molar-refractivity contribution in [1.29, 1.82) is 0 Å². The molecular formula is C76H47NO2. The van der Waals surface area contributed by atoms with Crippen LogP contribution in [0.4, 0.5) is 17.1 Å². The zero-order valence-electron chi connectivity index (χ0n) is 42.9. The summed E-state index contributed by atoms with van der Waals surface area (Å²) in [5.74, 6) is 1.81. The quantitative estimate of drug-likeness (QED) is 0.166. The lowest BCUT2D eigenvalue weighted by molar-refractivity contribution is 0.447. The van der Waals surface area contributed by atoms with Gasteiger partial charge in [0.15, 0.2) is 0 Å². The first-order valence-corrected chi connectivity index (χ1v) is 27.3. The second kappa shape index (κ2) is 16.6. The standard InChI is InChI=1S/C76H47NO2/c1-3-20-52(21-4-1)75(53-22-5-2-6-23-53)63-29-14-11-26-58(63)59-42-41-55(47-68(59)75)77(54-39-34-48(35-40-54)51-38-45-71-62(46-51)60-27-13-16-33-70(60)78-71)69-32-17-31-65-72(69)61-28-12-15-30-64(61)76(65)66-43-36-49-18-7-9-24-56(49)73(66)79-74-57-25-10-8-19-50(57)37-44-67(74)76/h1-47H. The van der Waals surface area contributed by atoms with Crippen LogP contribution >= 0.6 is 0 Å². The molecule has 1 spiro atoms. The fourth-order valence-corrected chi connectivity index (χ4v) is 14.3. The van der Waals surface area contributed by atoms with Gasteiger partial charge in [0.25, 0.3) is 0 Å². The van der Waals surface area contributed by atoms with Gasteiger partial charge < -0.3 is 14.1 Å². The molecule has 1 aliphatic heterocycles. The van der Waals surface area contributed by atoms with Crippen molar-refractivity contribution < 1.29 is 9.15 Å². The maximum Gasteiger partial charge on any atom is 0.140 e. The minimum atomic E-state index is -0.723. The smallest absolute Gasteiger partial charge is 0.140 e. The Morgan fingerprint density at radius 2 is 0.823 bits per heavy atom. The minimum Gasteiger partial charge on any atom is -0.456 e. The summed E-state index contributed by atoms with van der Waals surface area (Å²) in [5.41, 5.74) is 20.6. The first-order valence-electron chi connectivity index (χ1n) is 27.3. The molecule has 368 valence electrons. The van der Waals surface area contributed by atoms with E-state index in [9.17, 15) is 0 Å². The molecule has 2 heterocycles. The van der Waals surface area contributed by atoms with E-state index >= 15 is 0 Å². The van der Waals surface area contributed by atoms with E-state index in [1.54, 1.807) is 0 Å². The van der Waals surface area contributed by atoms with E-state index in [4.69, 9.17) is 9.15 Å². The molecule has 0 radical (unpaired) electrons. The SMILES string of the molecule is c1ccc(C2(c3ccccc3)c3ccccc3-c3ccc(N(c4ccc(-c5ccc6oc7ccccc7c6c5)cc4)c4cccc5c4-c4ccccc4C54c5ccc6ccccc6c5Oc5c4ccc4ccccc54)cc32)cc1. The molecule has 0 N–H and O–H groups in total. The molecule has 0 bridgehead atoms. The van der Waals surface area contributed by atoms with Gasteiger partial charge >= 0.3 is 0 Å². The zero-order valence-corrected chi connectivity index (χ0v) is 42.9. The molecule has 0 saturated carbocycles. The summed E-state index contributed by atoms with van der Waals surface area (Å²) in [6, 6.07) is 105. The van der Waals surface area contributed by atoms with Gasteiger partial charge in [-0.25, -0.2) is 0 Å². The second-order valence-electron chi connectivity index (χ2n) is 21.4. The monoisotopic (exact) mass is 1010 g/mol. The first kappa shape index (κ1) is 44.0. The van der Waals surface area contributed by atoms with Gasteiger partial charge in [-0.2, -0.15) is 0 Å². The van der Waals surface area contributed by atoms with E-state index in [2.05, 4.69) is 278 Å². The van der Waals surface area contributed by atoms with E-state index in [1.807, 2.05) is 12.1 Å². The molecule has 1 aromatic heterocycles. The van der Waals surface area contributed by atoms with Crippen molar-refractivity contribution in [3.8, 4) is 44.9 Å². The summed E-state index contributed by atoms with van der Waals surface area (Å²) in [7, 11) is 0. The number of hydrogen-bond acceptors (Lipinski definition) is 3. The van der Waals surface area contributed by atoms with Gasteiger partial charge in [0.1, 0.15) is 22.7 Å². The Morgan fingerprint density at radius 3 is 1.52 bits per heavy atom. The highest BCUT2D eigenvalue weighted by Gasteiger charge is 2.53. The van der Waals surface area contributed by atoms with Crippen molar-refractivity contribution in [1.82, 2.24) is 0 Å². The normalized spacial score (nSPS) is 13.9. The van der Waals surface area contributed by atoms with Crippen LogP contribution in [0, 0.1) is 0 Å². The lowest BCUT2D eigenvalue weighted by atomic mass is 9.65. The van der Waals surface area contributed by atoms with Gasteiger partial charge in [0, 0.05) is 49.6 Å². The average Bonchev–Trinajstić information content (AvgIpc) is 4.35. The molecule has 17 rings (SSSR count). The molecule has 14 aromatic rings. The molecule has 0 fully saturated rings. The molecule has 13 aromatic carbocycles. The molecule has 79 heavy (non-hydrogen) atoms. The predicted octanol–water partition coefficient (Wildman–Crippen LogP) is 19.9. The molecule has 3 nitrogen and oxygen atoms in total. The number of furan rings is 1. The van der Waals surface area contributed by atoms with Crippen LogP contribution in [0.2, 0.25) is 0 Å². The maximum absolute atomic E-state index is 7.37. The van der Waals surface area contributed by atoms with Crippen molar-refractivity contribution >= 4 is 60.5 Å². The Bertz CT molecular complexity index is 4700. The Kier molecular flexibility index (Phi) is 9.26. The summed E-state index contributed by atoms with van der Waals surface area (Å²) in [6.45, 7) is 0. The fraction of sp³-hybridized carbons (Fsp3) is 0.0263. The largest absolute Gasteiger partial charge is 0.456 e. The third kappa shape index (κ3) is 6.02. The van der Waals surface area contributed by atoms with Crippen molar-refractivity contribution in [2.45, 2.75) is 10.8 Å². The highest BCUT2D eigenvalue weighted by atomic mass is 16.5. The van der Waals surface area contributed by atoms with Crippen LogP contribution in [0.15, 0.2) is 290 Å². The highest BCUT2D eigenvalue weighted by Crippen LogP contribution is 2.66. The van der Waals surface area contributed by atoms with Gasteiger partial charge in [-0.05, 0) is 121 Å². The average molecular weight is 1010 g/mol. The van der Waals surface area contributed by atoms with E-state index in [0.29, 0.717) is 0 Å². The summed E-state index contributed by atoms with van der Waals surface area (Å²) < 4.78 is 13.7. The van der Waals surface area contributed by atoms with Crippen molar-refractivity contribution in [2.24, 2.45) is 0 Å². The molecule has 0 saturated heterocycles. The number of rotatable bonds is 6. The Morgan fingerprint density at radius 1 is 0.291 bits per heavy atom. The lowest BCUT2D eigenvalue weighted by Gasteiger charge is -2.40. The maximum atomic E-state index is 7.37. The number of hydrogen-bond donors (Lipinski definition) is 0. The van der Waals surface area contributed by atoms with Gasteiger partial charge in [0.2, 0.25) is 0 Å². The van der Waals surface area contributed by atoms with Gasteiger partial charge in [-0.3, -0.25) is 0 Å². The molecule has 0 atom stereocenters. The molecule has 2 aliphatic carbocycles. The van der Waals surface area contributed by atoms with Crippen LogP contribution in [-0.4, -0.2) is 0 Å². The van der Waals surface area contributed by atoms with E-state index in [0.717, 1.165) is 94.3 Å². The fourth-order valence-electron chi connectivity index (χ4n) is 14.3. The Labute approximate surface area is 457 Å². The number of para-hydroxylation sites is 1. The Balaban J connectivity index is 0.944. The number of anilines is 3. The summed E-state index contributed by atoms with van der Waals surface area (Å²) >= 11 is 0. The summed E-state index contributed by atoms with van der Waals surface area (Å²) in [4.78, 5) is 2.52. The third-order valence-corrected chi connectivity index (χ3v) is 17.6. The zero-order chi connectivity index (χ0) is 51.8.